The molecule has 1 aromatic heterocycles. The molecule has 0 aliphatic rings. The molecule has 0 fully saturated rings. The monoisotopic (exact) mass is 414 g/mol. The van der Waals surface area contributed by atoms with Crippen LogP contribution in [0, 0.1) is 0 Å². The molecule has 2 aromatic carbocycles. The summed E-state index contributed by atoms with van der Waals surface area (Å²) in [7, 11) is 1.53. The number of benzene rings is 2. The minimum absolute atomic E-state index is 0.356. The molecule has 29 heavy (non-hydrogen) atoms. The SMILES string of the molecule is CCCOc1c(Cl)cc(/C=N\NC(=O)c2ccc(-n3cnnn3)cc2)cc1OC. The third kappa shape index (κ3) is 5.08. The molecule has 0 spiro atoms. The van der Waals surface area contributed by atoms with Crippen LogP contribution in [0.3, 0.4) is 0 Å². The molecule has 150 valence electrons. The molecular formula is C19H19ClN6O3. The van der Waals surface area contributed by atoms with Crippen molar-refractivity contribution in [3.8, 4) is 17.2 Å². The standard InChI is InChI=1S/C19H19ClN6O3/c1-3-8-29-18-16(20)9-13(10-17(18)28-2)11-21-23-19(27)14-4-6-15(7-5-14)26-12-22-24-25-26/h4-7,9-12H,3,8H2,1-2H3,(H,23,27)/b21-11-. The summed E-state index contributed by atoms with van der Waals surface area (Å²) in [5, 5.41) is 15.3. The van der Waals surface area contributed by atoms with Crippen LogP contribution < -0.4 is 14.9 Å². The van der Waals surface area contributed by atoms with Gasteiger partial charge < -0.3 is 9.47 Å². The third-order valence-electron chi connectivity index (χ3n) is 3.83. The zero-order valence-electron chi connectivity index (χ0n) is 15.9. The number of nitrogens with one attached hydrogen (secondary N) is 1. The highest BCUT2D eigenvalue weighted by molar-refractivity contribution is 6.32. The molecule has 3 aromatic rings. The number of rotatable bonds is 8. The van der Waals surface area contributed by atoms with E-state index in [1.165, 1.54) is 24.3 Å². The molecule has 0 saturated carbocycles. The summed E-state index contributed by atoms with van der Waals surface area (Å²) >= 11 is 6.27. The van der Waals surface area contributed by atoms with Crippen molar-refractivity contribution in [1.29, 1.82) is 0 Å². The molecule has 9 nitrogen and oxygen atoms in total. The van der Waals surface area contributed by atoms with Gasteiger partial charge in [-0.05, 0) is 58.8 Å². The number of carbonyl (C=O) groups excluding carboxylic acids is 1. The summed E-state index contributed by atoms with van der Waals surface area (Å²) in [6.45, 7) is 2.54. The van der Waals surface area contributed by atoms with Crippen LogP contribution in [0.5, 0.6) is 11.5 Å². The minimum Gasteiger partial charge on any atom is -0.493 e. The minimum atomic E-state index is -0.356. The fourth-order valence-electron chi connectivity index (χ4n) is 2.43. The normalized spacial score (nSPS) is 10.9. The summed E-state index contributed by atoms with van der Waals surface area (Å²) in [5.41, 5.74) is 4.31. The maximum Gasteiger partial charge on any atom is 0.271 e. The number of nitrogens with zero attached hydrogens (tertiary/aromatic N) is 5. The molecule has 3 rings (SSSR count). The Morgan fingerprint density at radius 1 is 1.31 bits per heavy atom. The van der Waals surface area contributed by atoms with Gasteiger partial charge >= 0.3 is 0 Å². The summed E-state index contributed by atoms with van der Waals surface area (Å²) in [5.74, 6) is 0.627. The number of hydrazone groups is 1. The molecule has 1 N–H and O–H groups in total. The largest absolute Gasteiger partial charge is 0.493 e. The molecule has 0 radical (unpaired) electrons. The number of amides is 1. The van der Waals surface area contributed by atoms with E-state index in [9.17, 15) is 4.79 Å². The smallest absolute Gasteiger partial charge is 0.271 e. The second-order valence-electron chi connectivity index (χ2n) is 5.88. The van der Waals surface area contributed by atoms with E-state index >= 15 is 0 Å². The summed E-state index contributed by atoms with van der Waals surface area (Å²) in [6.07, 6.45) is 3.80. The second kappa shape index (κ2) is 9.65. The second-order valence-corrected chi connectivity index (χ2v) is 6.29. The Bertz CT molecular complexity index is 990. The molecule has 10 heteroatoms. The van der Waals surface area contributed by atoms with Gasteiger partial charge in [0.05, 0.1) is 30.6 Å². The maximum absolute atomic E-state index is 12.3. The van der Waals surface area contributed by atoms with E-state index < -0.39 is 0 Å². The number of hydrogen-bond donors (Lipinski definition) is 1. The Hall–Kier alpha value is -3.46. The van der Waals surface area contributed by atoms with E-state index in [0.717, 1.165) is 12.1 Å². The first-order chi connectivity index (χ1) is 14.1. The first-order valence-corrected chi connectivity index (χ1v) is 9.17. The summed E-state index contributed by atoms with van der Waals surface area (Å²) < 4.78 is 12.4. The molecular weight excluding hydrogens is 396 g/mol. The predicted molar refractivity (Wildman–Crippen MR) is 108 cm³/mol. The Balaban J connectivity index is 1.66. The molecule has 0 bridgehead atoms. The number of ether oxygens (including phenoxy) is 2. The quantitative estimate of drug-likeness (QED) is 0.449. The third-order valence-corrected chi connectivity index (χ3v) is 4.11. The summed E-state index contributed by atoms with van der Waals surface area (Å²) in [4.78, 5) is 12.3. The van der Waals surface area contributed by atoms with Crippen molar-refractivity contribution in [3.63, 3.8) is 0 Å². The van der Waals surface area contributed by atoms with Crippen molar-refractivity contribution in [2.24, 2.45) is 5.10 Å². The van der Waals surface area contributed by atoms with Crippen molar-refractivity contribution >= 4 is 23.7 Å². The van der Waals surface area contributed by atoms with Crippen molar-refractivity contribution in [1.82, 2.24) is 25.6 Å². The lowest BCUT2D eigenvalue weighted by molar-refractivity contribution is 0.0955. The van der Waals surface area contributed by atoms with Gasteiger partial charge in [-0.15, -0.1) is 5.10 Å². The molecule has 0 atom stereocenters. The zero-order valence-corrected chi connectivity index (χ0v) is 16.6. The van der Waals surface area contributed by atoms with Crippen LogP contribution in [0.1, 0.15) is 29.3 Å². The lowest BCUT2D eigenvalue weighted by Gasteiger charge is -2.12. The van der Waals surface area contributed by atoms with E-state index in [2.05, 4.69) is 26.1 Å². The van der Waals surface area contributed by atoms with Crippen LogP contribution in [-0.2, 0) is 0 Å². The molecule has 0 aliphatic carbocycles. The molecule has 0 unspecified atom stereocenters. The molecule has 0 saturated heterocycles. The van der Waals surface area contributed by atoms with Crippen molar-refractivity contribution in [2.45, 2.75) is 13.3 Å². The number of halogens is 1. The van der Waals surface area contributed by atoms with Crippen LogP contribution in [-0.4, -0.2) is 46.0 Å². The van der Waals surface area contributed by atoms with E-state index in [0.29, 0.717) is 34.3 Å². The van der Waals surface area contributed by atoms with Crippen LogP contribution in [0.2, 0.25) is 5.02 Å². The van der Waals surface area contributed by atoms with Gasteiger partial charge in [-0.25, -0.2) is 10.1 Å². The average molecular weight is 415 g/mol. The number of tetrazole rings is 1. The molecule has 1 amide bonds. The fourth-order valence-corrected chi connectivity index (χ4v) is 2.71. The van der Waals surface area contributed by atoms with Gasteiger partial charge in [0.25, 0.3) is 5.91 Å². The van der Waals surface area contributed by atoms with E-state index in [1.807, 2.05) is 6.92 Å². The van der Waals surface area contributed by atoms with Gasteiger partial charge in [0.15, 0.2) is 11.5 Å². The first-order valence-electron chi connectivity index (χ1n) is 8.79. The Labute approximate surface area is 172 Å². The van der Waals surface area contributed by atoms with Gasteiger partial charge in [0, 0.05) is 5.56 Å². The highest BCUT2D eigenvalue weighted by atomic mass is 35.5. The maximum atomic E-state index is 12.3. The first kappa shape index (κ1) is 20.3. The lowest BCUT2D eigenvalue weighted by atomic mass is 10.2. The van der Waals surface area contributed by atoms with Gasteiger partial charge in [-0.2, -0.15) is 5.10 Å². The van der Waals surface area contributed by atoms with Crippen molar-refractivity contribution in [2.75, 3.05) is 13.7 Å². The number of carbonyl (C=O) groups is 1. The van der Waals surface area contributed by atoms with Gasteiger partial charge in [0.1, 0.15) is 6.33 Å². The average Bonchev–Trinajstić information content (AvgIpc) is 3.27. The zero-order chi connectivity index (χ0) is 20.6. The van der Waals surface area contributed by atoms with Gasteiger partial charge in [-0.1, -0.05) is 18.5 Å². The van der Waals surface area contributed by atoms with Crippen LogP contribution in [0.4, 0.5) is 0 Å². The lowest BCUT2D eigenvalue weighted by Crippen LogP contribution is -2.17. The van der Waals surface area contributed by atoms with Crippen LogP contribution in [0.25, 0.3) is 5.69 Å². The van der Waals surface area contributed by atoms with E-state index in [1.54, 1.807) is 36.4 Å². The van der Waals surface area contributed by atoms with Crippen LogP contribution in [0.15, 0.2) is 47.8 Å². The highest BCUT2D eigenvalue weighted by Crippen LogP contribution is 2.36. The Kier molecular flexibility index (Phi) is 6.75. The van der Waals surface area contributed by atoms with E-state index in [4.69, 9.17) is 21.1 Å². The van der Waals surface area contributed by atoms with E-state index in [-0.39, 0.29) is 5.91 Å². The fraction of sp³-hybridized carbons (Fsp3) is 0.211. The topological polar surface area (TPSA) is 104 Å². The number of aromatic nitrogens is 4. The van der Waals surface area contributed by atoms with Gasteiger partial charge in [0.2, 0.25) is 0 Å². The number of methoxy groups -OCH3 is 1. The number of hydrogen-bond acceptors (Lipinski definition) is 7. The van der Waals surface area contributed by atoms with Gasteiger partial charge in [-0.3, -0.25) is 4.79 Å². The predicted octanol–water partition coefficient (Wildman–Crippen LogP) is 2.88. The Morgan fingerprint density at radius 3 is 2.76 bits per heavy atom. The van der Waals surface area contributed by atoms with Crippen molar-refractivity contribution < 1.29 is 14.3 Å². The van der Waals surface area contributed by atoms with Crippen molar-refractivity contribution in [3.05, 3.63) is 58.9 Å². The molecule has 1 heterocycles. The van der Waals surface area contributed by atoms with Crippen LogP contribution >= 0.6 is 11.6 Å². The molecule has 0 aliphatic heterocycles. The highest BCUT2D eigenvalue weighted by Gasteiger charge is 2.11. The Morgan fingerprint density at radius 2 is 2.10 bits per heavy atom. The summed E-state index contributed by atoms with van der Waals surface area (Å²) in [6, 6.07) is 10.2.